The van der Waals surface area contributed by atoms with Gasteiger partial charge in [0.25, 0.3) is 5.91 Å². The van der Waals surface area contributed by atoms with Crippen LogP contribution in [0.25, 0.3) is 22.6 Å². The smallest absolute Gasteiger partial charge is 0.339 e. The van der Waals surface area contributed by atoms with Crippen molar-refractivity contribution in [2.45, 2.75) is 12.8 Å². The van der Waals surface area contributed by atoms with Gasteiger partial charge in [0, 0.05) is 16.6 Å². The maximum absolute atomic E-state index is 13.4. The van der Waals surface area contributed by atoms with Crippen LogP contribution in [0.3, 0.4) is 0 Å². The second-order valence-electron chi connectivity index (χ2n) is 9.53. The summed E-state index contributed by atoms with van der Waals surface area (Å²) < 4.78 is 21.9. The first-order chi connectivity index (χ1) is 20.3. The van der Waals surface area contributed by atoms with E-state index in [0.717, 1.165) is 16.7 Å². The molecule has 1 aliphatic carbocycles. The summed E-state index contributed by atoms with van der Waals surface area (Å²) in [4.78, 5) is 42.1. The topological polar surface area (TPSA) is 139 Å². The summed E-state index contributed by atoms with van der Waals surface area (Å²) in [5, 5.41) is 3.30. The predicted molar refractivity (Wildman–Crippen MR) is 158 cm³/mol. The van der Waals surface area contributed by atoms with Crippen LogP contribution in [0, 0.1) is 0 Å². The summed E-state index contributed by atoms with van der Waals surface area (Å²) in [6.07, 6.45) is 3.22. The summed E-state index contributed by atoms with van der Waals surface area (Å²) in [7, 11) is 4.67. The Hall–Kier alpha value is -5.38. The molecule has 1 aliphatic rings. The molecule has 0 atom stereocenters. The normalized spacial score (nSPS) is 13.0. The van der Waals surface area contributed by atoms with E-state index < -0.39 is 24.4 Å². The molecular formula is C32H29N3O7. The lowest BCUT2D eigenvalue weighted by atomic mass is 10.0. The maximum Gasteiger partial charge on any atom is 0.339 e. The lowest BCUT2D eigenvalue weighted by Crippen LogP contribution is -2.22. The zero-order valence-electron chi connectivity index (χ0n) is 23.4. The number of nitrogens with two attached hydrogens (primary N) is 1. The van der Waals surface area contributed by atoms with E-state index in [1.165, 1.54) is 12.1 Å². The maximum atomic E-state index is 13.4. The van der Waals surface area contributed by atoms with E-state index in [1.807, 2.05) is 42.5 Å². The minimum atomic E-state index is -0.613. The molecule has 3 aromatic carbocycles. The van der Waals surface area contributed by atoms with Gasteiger partial charge in [-0.3, -0.25) is 9.59 Å². The number of ether oxygens (including phenoxy) is 4. The molecule has 2 amide bonds. The number of pyridine rings is 1. The van der Waals surface area contributed by atoms with Gasteiger partial charge in [0.15, 0.2) is 18.1 Å². The van der Waals surface area contributed by atoms with Crippen LogP contribution in [-0.2, 0) is 16.0 Å². The highest BCUT2D eigenvalue weighted by Crippen LogP contribution is 2.41. The first-order valence-electron chi connectivity index (χ1n) is 13.1. The summed E-state index contributed by atoms with van der Waals surface area (Å²) >= 11 is 0. The summed E-state index contributed by atoms with van der Waals surface area (Å²) in [6, 6.07) is 17.1. The third-order valence-electron chi connectivity index (χ3n) is 6.96. The van der Waals surface area contributed by atoms with E-state index in [-0.39, 0.29) is 0 Å². The average molecular weight is 568 g/mol. The summed E-state index contributed by atoms with van der Waals surface area (Å²) in [5.41, 5.74) is 10.3. The number of aromatic nitrogens is 1. The number of hydrogen-bond donors (Lipinski definition) is 2. The van der Waals surface area contributed by atoms with Gasteiger partial charge in [0.1, 0.15) is 0 Å². The highest BCUT2D eigenvalue weighted by molar-refractivity contribution is 6.08. The summed E-state index contributed by atoms with van der Waals surface area (Å²) in [6.45, 7) is -0.490. The number of esters is 1. The Morgan fingerprint density at radius 3 is 2.26 bits per heavy atom. The van der Waals surface area contributed by atoms with E-state index in [1.54, 1.807) is 33.5 Å². The zero-order chi connectivity index (χ0) is 29.8. The Bertz CT molecular complexity index is 1700. The van der Waals surface area contributed by atoms with Crippen LogP contribution < -0.4 is 25.3 Å². The van der Waals surface area contributed by atoms with Gasteiger partial charge in [-0.2, -0.15) is 0 Å². The number of primary amides is 1. The molecule has 0 fully saturated rings. The third-order valence-corrected chi connectivity index (χ3v) is 6.96. The Kier molecular flexibility index (Phi) is 8.05. The van der Waals surface area contributed by atoms with Crippen molar-refractivity contribution in [3.05, 3.63) is 88.6 Å². The second-order valence-corrected chi connectivity index (χ2v) is 9.53. The molecule has 5 rings (SSSR count). The minimum absolute atomic E-state index is 0.316. The first kappa shape index (κ1) is 28.2. The molecule has 42 heavy (non-hydrogen) atoms. The largest absolute Gasteiger partial charge is 0.493 e. The number of carbonyl (C=O) groups is 3. The monoisotopic (exact) mass is 567 g/mol. The number of nitrogens with zero attached hydrogens (tertiary/aromatic N) is 1. The molecule has 3 N–H and O–H groups in total. The SMILES string of the molecule is COc1cc(/C=C2\CCc3c2nc2ccccc2c3C(=O)OCC(=O)Nc2ccc(C(N)=O)cc2)cc(OC)c1OC. The number of methoxy groups -OCH3 is 3. The number of para-hydroxylation sites is 1. The van der Waals surface area contributed by atoms with Crippen LogP contribution in [0.4, 0.5) is 5.69 Å². The molecule has 10 heteroatoms. The fourth-order valence-corrected chi connectivity index (χ4v) is 5.02. The van der Waals surface area contributed by atoms with E-state index >= 15 is 0 Å². The molecule has 0 unspecified atom stereocenters. The van der Waals surface area contributed by atoms with Crippen molar-refractivity contribution in [1.82, 2.24) is 4.98 Å². The molecule has 0 spiro atoms. The van der Waals surface area contributed by atoms with Crippen LogP contribution in [0.2, 0.25) is 0 Å². The van der Waals surface area contributed by atoms with E-state index in [2.05, 4.69) is 5.32 Å². The third kappa shape index (κ3) is 5.60. The Morgan fingerprint density at radius 1 is 0.929 bits per heavy atom. The van der Waals surface area contributed by atoms with Crippen molar-refractivity contribution in [2.75, 3.05) is 33.3 Å². The predicted octanol–water partition coefficient (Wildman–Crippen LogP) is 4.64. The van der Waals surface area contributed by atoms with Gasteiger partial charge < -0.3 is 30.0 Å². The molecule has 214 valence electrons. The quantitative estimate of drug-likeness (QED) is 0.279. The van der Waals surface area contributed by atoms with Crippen molar-refractivity contribution in [2.24, 2.45) is 5.73 Å². The average Bonchev–Trinajstić information content (AvgIpc) is 3.39. The van der Waals surface area contributed by atoms with Crippen molar-refractivity contribution in [3.63, 3.8) is 0 Å². The van der Waals surface area contributed by atoms with Gasteiger partial charge in [-0.25, -0.2) is 9.78 Å². The molecule has 1 aromatic heterocycles. The summed E-state index contributed by atoms with van der Waals surface area (Å²) in [5.74, 6) is -0.152. The zero-order valence-corrected chi connectivity index (χ0v) is 23.4. The molecule has 0 radical (unpaired) electrons. The number of amides is 2. The van der Waals surface area contributed by atoms with Gasteiger partial charge in [-0.15, -0.1) is 0 Å². The molecule has 0 bridgehead atoms. The van der Waals surface area contributed by atoms with Crippen molar-refractivity contribution >= 4 is 46.0 Å². The molecule has 4 aromatic rings. The molecule has 0 aliphatic heterocycles. The number of allylic oxidation sites excluding steroid dienone is 1. The van der Waals surface area contributed by atoms with Crippen molar-refractivity contribution < 1.29 is 33.3 Å². The van der Waals surface area contributed by atoms with Crippen LogP contribution in [-0.4, -0.2) is 50.7 Å². The number of hydrogen-bond acceptors (Lipinski definition) is 8. The molecule has 10 nitrogen and oxygen atoms in total. The number of anilines is 1. The fraction of sp³-hybridized carbons (Fsp3) is 0.188. The Morgan fingerprint density at radius 2 is 1.62 bits per heavy atom. The van der Waals surface area contributed by atoms with Gasteiger partial charge in [-0.05, 0) is 78.1 Å². The van der Waals surface area contributed by atoms with Crippen LogP contribution in [0.5, 0.6) is 17.2 Å². The number of carbonyl (C=O) groups excluding carboxylic acids is 3. The van der Waals surface area contributed by atoms with Crippen molar-refractivity contribution in [3.8, 4) is 17.2 Å². The number of nitrogens with one attached hydrogen (secondary N) is 1. The number of rotatable bonds is 9. The highest BCUT2D eigenvalue weighted by atomic mass is 16.5. The molecule has 0 saturated heterocycles. The Balaban J connectivity index is 1.43. The number of fused-ring (bicyclic) bond motifs is 2. The van der Waals surface area contributed by atoms with Gasteiger partial charge >= 0.3 is 5.97 Å². The molecule has 1 heterocycles. The van der Waals surface area contributed by atoms with E-state index in [4.69, 9.17) is 29.7 Å². The van der Waals surface area contributed by atoms with Gasteiger partial charge in [-0.1, -0.05) is 18.2 Å². The second kappa shape index (κ2) is 12.0. The lowest BCUT2D eigenvalue weighted by Gasteiger charge is -2.14. The van der Waals surface area contributed by atoms with E-state index in [0.29, 0.717) is 63.5 Å². The standard InChI is InChI=1S/C32H29N3O7/c1-39-25-15-18(16-26(40-2)30(25)41-3)14-20-10-13-23-28(22-6-4-5-7-24(22)35-29(20)23)32(38)42-17-27(36)34-21-11-8-19(9-12-21)31(33)37/h4-9,11-12,14-16H,10,13,17H2,1-3H3,(H2,33,37)(H,34,36)/b20-14+. The van der Waals surface area contributed by atoms with E-state index in [9.17, 15) is 14.4 Å². The van der Waals surface area contributed by atoms with Crippen LogP contribution >= 0.6 is 0 Å². The Labute approximate surface area is 242 Å². The minimum Gasteiger partial charge on any atom is -0.493 e. The fourth-order valence-electron chi connectivity index (χ4n) is 5.02. The highest BCUT2D eigenvalue weighted by Gasteiger charge is 2.28. The van der Waals surface area contributed by atoms with Crippen LogP contribution in [0.15, 0.2) is 60.7 Å². The lowest BCUT2D eigenvalue weighted by molar-refractivity contribution is -0.119. The van der Waals surface area contributed by atoms with Gasteiger partial charge in [0.05, 0.1) is 38.1 Å². The van der Waals surface area contributed by atoms with Crippen LogP contribution in [0.1, 0.15) is 44.0 Å². The first-order valence-corrected chi connectivity index (χ1v) is 13.1. The molecular weight excluding hydrogens is 538 g/mol. The molecule has 0 saturated carbocycles. The number of benzene rings is 3. The van der Waals surface area contributed by atoms with Crippen molar-refractivity contribution in [1.29, 1.82) is 0 Å². The van der Waals surface area contributed by atoms with Gasteiger partial charge in [0.2, 0.25) is 11.7 Å².